The van der Waals surface area contributed by atoms with Crippen molar-refractivity contribution in [3.8, 4) is 0 Å². The molecule has 0 aliphatic carbocycles. The summed E-state index contributed by atoms with van der Waals surface area (Å²) in [4.78, 5) is 1.29. The fraction of sp³-hybridized carbons (Fsp3) is 0.462. The van der Waals surface area contributed by atoms with Crippen LogP contribution in [0.4, 0.5) is 0 Å². The molecule has 0 radical (unpaired) electrons. The molecular formula is C13H18BrN3S. The molecule has 2 heterocycles. The molecule has 18 heavy (non-hydrogen) atoms. The van der Waals surface area contributed by atoms with Crippen molar-refractivity contribution in [3.63, 3.8) is 0 Å². The Morgan fingerprint density at radius 1 is 1.39 bits per heavy atom. The molecule has 98 valence electrons. The second kappa shape index (κ2) is 5.15. The molecule has 0 aliphatic heterocycles. The van der Waals surface area contributed by atoms with E-state index in [1.165, 1.54) is 10.4 Å². The van der Waals surface area contributed by atoms with Crippen molar-refractivity contribution in [3.05, 3.63) is 37.7 Å². The zero-order valence-electron chi connectivity index (χ0n) is 11.1. The lowest BCUT2D eigenvalue weighted by Crippen LogP contribution is -2.31. The van der Waals surface area contributed by atoms with Gasteiger partial charge in [0.25, 0.3) is 0 Å². The van der Waals surface area contributed by atoms with E-state index >= 15 is 0 Å². The summed E-state index contributed by atoms with van der Waals surface area (Å²) in [6, 6.07) is 2.26. The number of hydrogen-bond donors (Lipinski definition) is 1. The van der Waals surface area contributed by atoms with Gasteiger partial charge >= 0.3 is 0 Å². The molecule has 0 aromatic carbocycles. The number of halogens is 1. The molecule has 0 saturated heterocycles. The van der Waals surface area contributed by atoms with E-state index in [0.29, 0.717) is 0 Å². The normalized spacial score (nSPS) is 14.8. The van der Waals surface area contributed by atoms with Crippen LogP contribution in [-0.2, 0) is 0 Å². The number of rotatable bonds is 3. The van der Waals surface area contributed by atoms with Gasteiger partial charge in [0.15, 0.2) is 0 Å². The van der Waals surface area contributed by atoms with Crippen molar-refractivity contribution < 1.29 is 0 Å². The molecular weight excluding hydrogens is 310 g/mol. The minimum absolute atomic E-state index is 0.0206. The van der Waals surface area contributed by atoms with Crippen LogP contribution >= 0.6 is 27.3 Å². The summed E-state index contributed by atoms with van der Waals surface area (Å²) in [5.41, 5.74) is 9.61. The zero-order chi connectivity index (χ0) is 13.4. The first-order chi connectivity index (χ1) is 8.43. The first-order valence-electron chi connectivity index (χ1n) is 5.94. The zero-order valence-corrected chi connectivity index (χ0v) is 13.5. The highest BCUT2D eigenvalue weighted by Crippen LogP contribution is 2.32. The van der Waals surface area contributed by atoms with E-state index in [9.17, 15) is 0 Å². The van der Waals surface area contributed by atoms with Crippen molar-refractivity contribution in [2.45, 2.75) is 39.8 Å². The molecule has 5 heteroatoms. The molecule has 2 aromatic heterocycles. The third-order valence-corrected chi connectivity index (χ3v) is 5.41. The number of aryl methyl sites for hydroxylation is 2. The van der Waals surface area contributed by atoms with Crippen LogP contribution in [0, 0.1) is 20.8 Å². The van der Waals surface area contributed by atoms with Crippen LogP contribution in [0.2, 0.25) is 0 Å². The molecule has 0 fully saturated rings. The summed E-state index contributed by atoms with van der Waals surface area (Å²) in [6.07, 6.45) is 0. The molecule has 0 spiro atoms. The Bertz CT molecular complexity index is 557. The Kier molecular flexibility index (Phi) is 3.94. The lowest BCUT2D eigenvalue weighted by Gasteiger charge is -2.22. The first-order valence-corrected chi connectivity index (χ1v) is 7.61. The number of nitrogens with zero attached hydrogens (tertiary/aromatic N) is 2. The Hall–Kier alpha value is -0.650. The van der Waals surface area contributed by atoms with E-state index in [0.717, 1.165) is 15.9 Å². The van der Waals surface area contributed by atoms with Crippen LogP contribution in [0.15, 0.2) is 15.9 Å². The van der Waals surface area contributed by atoms with E-state index in [4.69, 9.17) is 5.73 Å². The van der Waals surface area contributed by atoms with Crippen molar-refractivity contribution in [1.82, 2.24) is 9.78 Å². The molecule has 0 aliphatic rings. The third kappa shape index (κ3) is 2.27. The van der Waals surface area contributed by atoms with E-state index in [1.54, 1.807) is 11.3 Å². The number of aromatic nitrogens is 2. The van der Waals surface area contributed by atoms with Gasteiger partial charge in [-0.2, -0.15) is 5.10 Å². The summed E-state index contributed by atoms with van der Waals surface area (Å²) in [7, 11) is 0. The number of thiophene rings is 1. The average Bonchev–Trinajstić information content (AvgIpc) is 2.81. The van der Waals surface area contributed by atoms with E-state index in [1.807, 2.05) is 18.5 Å². The Balaban J connectivity index is 2.56. The quantitative estimate of drug-likeness (QED) is 0.936. The summed E-state index contributed by atoms with van der Waals surface area (Å²) in [5.74, 6) is 0. The van der Waals surface area contributed by atoms with Gasteiger partial charge in [0.2, 0.25) is 0 Å². The monoisotopic (exact) mass is 327 g/mol. The minimum Gasteiger partial charge on any atom is -0.326 e. The summed E-state index contributed by atoms with van der Waals surface area (Å²) < 4.78 is 3.12. The number of nitrogens with two attached hydrogens (primary N) is 1. The van der Waals surface area contributed by atoms with Gasteiger partial charge < -0.3 is 5.73 Å². The molecule has 2 aromatic rings. The highest BCUT2D eigenvalue weighted by Gasteiger charge is 2.25. The second-order valence-electron chi connectivity index (χ2n) is 4.70. The van der Waals surface area contributed by atoms with Gasteiger partial charge in [-0.15, -0.1) is 11.3 Å². The highest BCUT2D eigenvalue weighted by molar-refractivity contribution is 9.10. The van der Waals surface area contributed by atoms with Gasteiger partial charge in [0.05, 0.1) is 15.9 Å². The highest BCUT2D eigenvalue weighted by atomic mass is 79.9. The average molecular weight is 328 g/mol. The van der Waals surface area contributed by atoms with Crippen molar-refractivity contribution in [2.75, 3.05) is 0 Å². The molecule has 0 amide bonds. The topological polar surface area (TPSA) is 43.8 Å². The van der Waals surface area contributed by atoms with Gasteiger partial charge in [-0.1, -0.05) is 0 Å². The molecule has 2 unspecified atom stereocenters. The van der Waals surface area contributed by atoms with Crippen LogP contribution < -0.4 is 5.73 Å². The predicted octanol–water partition coefficient (Wildman–Crippen LogP) is 3.57. The molecule has 2 rings (SSSR count). The van der Waals surface area contributed by atoms with Crippen LogP contribution in [0.25, 0.3) is 0 Å². The molecule has 2 N–H and O–H groups in total. The van der Waals surface area contributed by atoms with E-state index in [2.05, 4.69) is 46.3 Å². The number of hydrogen-bond acceptors (Lipinski definition) is 3. The molecule has 3 nitrogen and oxygen atoms in total. The van der Waals surface area contributed by atoms with Crippen LogP contribution in [0.3, 0.4) is 0 Å². The van der Waals surface area contributed by atoms with Crippen molar-refractivity contribution in [1.29, 1.82) is 0 Å². The largest absolute Gasteiger partial charge is 0.326 e. The van der Waals surface area contributed by atoms with E-state index in [-0.39, 0.29) is 12.1 Å². The maximum Gasteiger partial charge on any atom is 0.101 e. The standard InChI is InChI=1S/C13H18BrN3S/c1-7-5-6-18-13(7)12(8(2)15)17-10(4)11(14)9(3)16-17/h5-6,8,12H,15H2,1-4H3. The van der Waals surface area contributed by atoms with Crippen molar-refractivity contribution in [2.24, 2.45) is 5.73 Å². The maximum atomic E-state index is 6.19. The molecule has 0 saturated carbocycles. The Labute approximate surface area is 120 Å². The molecule has 0 bridgehead atoms. The predicted molar refractivity (Wildman–Crippen MR) is 80.2 cm³/mol. The second-order valence-corrected chi connectivity index (χ2v) is 6.44. The fourth-order valence-corrected chi connectivity index (χ4v) is 3.56. The van der Waals surface area contributed by atoms with Gasteiger partial charge in [0.1, 0.15) is 6.04 Å². The van der Waals surface area contributed by atoms with Crippen LogP contribution in [-0.4, -0.2) is 15.8 Å². The lowest BCUT2D eigenvalue weighted by molar-refractivity contribution is 0.448. The Morgan fingerprint density at radius 2 is 2.06 bits per heavy atom. The fourth-order valence-electron chi connectivity index (χ4n) is 2.17. The summed E-state index contributed by atoms with van der Waals surface area (Å²) in [5, 5.41) is 6.74. The summed E-state index contributed by atoms with van der Waals surface area (Å²) >= 11 is 5.33. The summed E-state index contributed by atoms with van der Waals surface area (Å²) in [6.45, 7) is 8.24. The van der Waals surface area contributed by atoms with Gasteiger partial charge in [-0.25, -0.2) is 0 Å². The molecule has 2 atom stereocenters. The van der Waals surface area contributed by atoms with Crippen LogP contribution in [0.1, 0.15) is 34.8 Å². The Morgan fingerprint density at radius 3 is 2.44 bits per heavy atom. The lowest BCUT2D eigenvalue weighted by atomic mass is 10.1. The van der Waals surface area contributed by atoms with Crippen molar-refractivity contribution >= 4 is 27.3 Å². The minimum atomic E-state index is 0.0206. The third-order valence-electron chi connectivity index (χ3n) is 3.17. The van der Waals surface area contributed by atoms with Crippen LogP contribution in [0.5, 0.6) is 0 Å². The first kappa shape index (κ1) is 13.8. The van der Waals surface area contributed by atoms with E-state index < -0.39 is 0 Å². The SMILES string of the molecule is Cc1ccsc1C(C(C)N)n1nc(C)c(Br)c1C. The maximum absolute atomic E-state index is 6.19. The van der Waals surface area contributed by atoms with Gasteiger partial charge in [-0.05, 0) is 60.6 Å². The van der Waals surface area contributed by atoms with Gasteiger partial charge in [-0.3, -0.25) is 4.68 Å². The van der Waals surface area contributed by atoms with Gasteiger partial charge in [0, 0.05) is 10.9 Å². The smallest absolute Gasteiger partial charge is 0.101 e.